The van der Waals surface area contributed by atoms with Gasteiger partial charge in [-0.2, -0.15) is 0 Å². The van der Waals surface area contributed by atoms with Crippen LogP contribution >= 0.6 is 11.3 Å². The maximum Gasteiger partial charge on any atom is 0.119 e. The first-order chi connectivity index (χ1) is 23.1. The molecule has 250 valence electrons. The van der Waals surface area contributed by atoms with Gasteiger partial charge in [-0.3, -0.25) is 4.90 Å². The van der Waals surface area contributed by atoms with E-state index in [1.165, 1.54) is 117 Å². The number of phenolic OH excluding ortho intramolecular Hbond substituents is 1. The summed E-state index contributed by atoms with van der Waals surface area (Å²) in [5.41, 5.74) is 4.42. The molecule has 7 rings (SSSR count). The Bertz CT molecular complexity index is 1560. The van der Waals surface area contributed by atoms with Gasteiger partial charge in [0.25, 0.3) is 0 Å². The first-order valence-corrected chi connectivity index (χ1v) is 19.1. The van der Waals surface area contributed by atoms with Gasteiger partial charge in [0.05, 0.1) is 6.61 Å². The van der Waals surface area contributed by atoms with E-state index in [1.54, 1.807) is 17.4 Å². The van der Waals surface area contributed by atoms with Crippen LogP contribution in [0.4, 0.5) is 0 Å². The minimum absolute atomic E-state index is 0.310. The number of thiophene rings is 1. The molecular formula is C41H52N2O3S. The summed E-state index contributed by atoms with van der Waals surface area (Å²) in [6.45, 7) is 8.56. The van der Waals surface area contributed by atoms with Crippen molar-refractivity contribution in [3.05, 3.63) is 77.9 Å². The zero-order valence-corrected chi connectivity index (χ0v) is 28.9. The molecule has 3 aliphatic rings. The number of likely N-dealkylation sites (tertiary alicyclic amines) is 2. The Labute approximate surface area is 285 Å². The molecule has 1 saturated carbocycles. The highest BCUT2D eigenvalue weighted by Crippen LogP contribution is 2.45. The van der Waals surface area contributed by atoms with Crippen LogP contribution in [0.1, 0.15) is 81.8 Å². The van der Waals surface area contributed by atoms with Gasteiger partial charge in [0.1, 0.15) is 23.9 Å². The fourth-order valence-corrected chi connectivity index (χ4v) is 9.42. The van der Waals surface area contributed by atoms with Crippen LogP contribution in [-0.4, -0.2) is 67.4 Å². The largest absolute Gasteiger partial charge is 0.508 e. The van der Waals surface area contributed by atoms with Gasteiger partial charge in [-0.15, -0.1) is 11.3 Å². The molecule has 0 unspecified atom stereocenters. The van der Waals surface area contributed by atoms with Gasteiger partial charge in [0.2, 0.25) is 0 Å². The molecule has 4 aromatic rings. The number of hydrogen-bond acceptors (Lipinski definition) is 6. The lowest BCUT2D eigenvalue weighted by Crippen LogP contribution is -2.41. The molecule has 3 aromatic carbocycles. The third kappa shape index (κ3) is 8.33. The van der Waals surface area contributed by atoms with Crippen LogP contribution in [0.5, 0.6) is 17.2 Å². The average molecular weight is 653 g/mol. The first-order valence-electron chi connectivity index (χ1n) is 18.3. The van der Waals surface area contributed by atoms with E-state index in [-0.39, 0.29) is 0 Å². The van der Waals surface area contributed by atoms with E-state index in [4.69, 9.17) is 9.47 Å². The van der Waals surface area contributed by atoms with E-state index < -0.39 is 0 Å². The first kappa shape index (κ1) is 32.5. The highest BCUT2D eigenvalue weighted by Gasteiger charge is 2.35. The Hall–Kier alpha value is -3.06. The van der Waals surface area contributed by atoms with Crippen LogP contribution in [0.3, 0.4) is 0 Å². The summed E-state index contributed by atoms with van der Waals surface area (Å²) < 4.78 is 13.4. The standard InChI is InChI=1S/C41H52N2O3S/c44-34-12-17-37-38(30-32-8-13-35(14-9-32)46-29-27-42-22-5-2-6-23-42)40(47-39(37)31-34)33-10-15-36(16-11-33)45-28-7-24-43-25-20-41(21-26-43)18-3-1-4-19-41/h8-17,31,44H,1-7,18-30H2. The number of aromatic hydroxyl groups is 1. The van der Waals surface area contributed by atoms with E-state index in [0.29, 0.717) is 11.2 Å². The minimum Gasteiger partial charge on any atom is -0.508 e. The maximum atomic E-state index is 10.2. The normalized spacial score (nSPS) is 18.9. The molecular weight excluding hydrogens is 601 g/mol. The smallest absolute Gasteiger partial charge is 0.119 e. The van der Waals surface area contributed by atoms with Crippen molar-refractivity contribution in [1.29, 1.82) is 0 Å². The second-order valence-corrected chi connectivity index (χ2v) is 15.3. The summed E-state index contributed by atoms with van der Waals surface area (Å²) in [7, 11) is 0. The number of phenols is 1. The number of benzene rings is 3. The average Bonchev–Trinajstić information content (AvgIpc) is 3.46. The van der Waals surface area contributed by atoms with Gasteiger partial charge in [-0.1, -0.05) is 37.8 Å². The predicted molar refractivity (Wildman–Crippen MR) is 195 cm³/mol. The van der Waals surface area contributed by atoms with Gasteiger partial charge < -0.3 is 19.5 Å². The van der Waals surface area contributed by atoms with Gasteiger partial charge in [-0.25, -0.2) is 0 Å². The third-order valence-electron chi connectivity index (χ3n) is 11.0. The second kappa shape index (κ2) is 15.4. The maximum absolute atomic E-state index is 10.2. The molecule has 1 aliphatic carbocycles. The Morgan fingerprint density at radius 1 is 0.660 bits per heavy atom. The highest BCUT2D eigenvalue weighted by atomic mass is 32.1. The van der Waals surface area contributed by atoms with Gasteiger partial charge >= 0.3 is 0 Å². The third-order valence-corrected chi connectivity index (χ3v) is 12.3. The SMILES string of the molecule is Oc1ccc2c(Cc3ccc(OCCN4CCCCC4)cc3)c(-c3ccc(OCCCN4CCC5(CCCCC5)CC4)cc3)sc2c1. The summed E-state index contributed by atoms with van der Waals surface area (Å²) in [5.74, 6) is 2.18. The van der Waals surface area contributed by atoms with Crippen molar-refractivity contribution in [2.45, 2.75) is 77.0 Å². The Kier molecular flexibility index (Phi) is 10.7. The lowest BCUT2D eigenvalue weighted by Gasteiger charge is -2.44. The molecule has 2 saturated heterocycles. The lowest BCUT2D eigenvalue weighted by molar-refractivity contribution is 0.0653. The van der Waals surface area contributed by atoms with E-state index in [0.717, 1.165) is 55.3 Å². The van der Waals surface area contributed by atoms with Gasteiger partial charge in [0, 0.05) is 22.7 Å². The highest BCUT2D eigenvalue weighted by molar-refractivity contribution is 7.22. The molecule has 1 aromatic heterocycles. The van der Waals surface area contributed by atoms with Crippen LogP contribution in [0.2, 0.25) is 0 Å². The molecule has 0 atom stereocenters. The summed E-state index contributed by atoms with van der Waals surface area (Å²) in [6, 6.07) is 23.0. The molecule has 3 heterocycles. The number of hydrogen-bond donors (Lipinski definition) is 1. The molecule has 0 radical (unpaired) electrons. The van der Waals surface area contributed by atoms with E-state index >= 15 is 0 Å². The molecule has 1 spiro atoms. The van der Waals surface area contributed by atoms with Crippen LogP contribution in [0, 0.1) is 5.41 Å². The molecule has 2 aliphatic heterocycles. The van der Waals surface area contributed by atoms with E-state index in [1.807, 2.05) is 6.07 Å². The molecule has 47 heavy (non-hydrogen) atoms. The predicted octanol–water partition coefficient (Wildman–Crippen LogP) is 9.54. The van der Waals surface area contributed by atoms with Crippen molar-refractivity contribution in [3.8, 4) is 27.7 Å². The fourth-order valence-electron chi connectivity index (χ4n) is 8.16. The van der Waals surface area contributed by atoms with Crippen molar-refractivity contribution < 1.29 is 14.6 Å². The molecule has 5 nitrogen and oxygen atoms in total. The molecule has 0 amide bonds. The Balaban J connectivity index is 0.944. The number of ether oxygens (including phenoxy) is 2. The molecule has 1 N–H and O–H groups in total. The molecule has 6 heteroatoms. The van der Waals surface area contributed by atoms with Gasteiger partial charge in [-0.05, 0) is 160 Å². The van der Waals surface area contributed by atoms with Crippen LogP contribution in [0.15, 0.2) is 66.7 Å². The van der Waals surface area contributed by atoms with Crippen molar-refractivity contribution in [1.82, 2.24) is 9.80 Å². The van der Waals surface area contributed by atoms with Crippen molar-refractivity contribution in [2.24, 2.45) is 5.41 Å². The summed E-state index contributed by atoms with van der Waals surface area (Å²) in [6.07, 6.45) is 15.9. The fraction of sp³-hybridized carbons (Fsp3) is 0.512. The van der Waals surface area contributed by atoms with E-state index in [2.05, 4.69) is 64.4 Å². The summed E-state index contributed by atoms with van der Waals surface area (Å²) >= 11 is 1.75. The Morgan fingerprint density at radius 3 is 2.06 bits per heavy atom. The summed E-state index contributed by atoms with van der Waals surface area (Å²) in [4.78, 5) is 6.42. The number of fused-ring (bicyclic) bond motifs is 1. The lowest BCUT2D eigenvalue weighted by atomic mass is 9.68. The van der Waals surface area contributed by atoms with Gasteiger partial charge in [0.15, 0.2) is 0 Å². The Morgan fingerprint density at radius 2 is 1.32 bits per heavy atom. The molecule has 0 bridgehead atoms. The monoisotopic (exact) mass is 652 g/mol. The number of rotatable bonds is 12. The quantitative estimate of drug-likeness (QED) is 0.155. The zero-order chi connectivity index (χ0) is 31.9. The minimum atomic E-state index is 0.310. The number of nitrogens with zero attached hydrogens (tertiary/aromatic N) is 2. The van der Waals surface area contributed by atoms with Crippen LogP contribution in [0.25, 0.3) is 20.5 Å². The molecule has 3 fully saturated rings. The van der Waals surface area contributed by atoms with E-state index in [9.17, 15) is 5.11 Å². The zero-order valence-electron chi connectivity index (χ0n) is 28.1. The van der Waals surface area contributed by atoms with Crippen LogP contribution in [-0.2, 0) is 6.42 Å². The van der Waals surface area contributed by atoms with Crippen molar-refractivity contribution >= 4 is 21.4 Å². The second-order valence-electron chi connectivity index (χ2n) is 14.3. The number of piperidine rings is 2. The topological polar surface area (TPSA) is 45.2 Å². The van der Waals surface area contributed by atoms with Crippen LogP contribution < -0.4 is 9.47 Å². The summed E-state index contributed by atoms with van der Waals surface area (Å²) in [5, 5.41) is 11.4. The van der Waals surface area contributed by atoms with Crippen molar-refractivity contribution in [3.63, 3.8) is 0 Å². The van der Waals surface area contributed by atoms with Crippen molar-refractivity contribution in [2.75, 3.05) is 52.5 Å².